The first-order valence-electron chi connectivity index (χ1n) is 10.9. The van der Waals surface area contributed by atoms with Gasteiger partial charge in [0, 0.05) is 51.3 Å². The summed E-state index contributed by atoms with van der Waals surface area (Å²) in [5.41, 5.74) is 2.82. The molecule has 4 aliphatic rings. The molecule has 0 bridgehead atoms. The van der Waals surface area contributed by atoms with E-state index in [-0.39, 0.29) is 29.7 Å². The van der Waals surface area contributed by atoms with E-state index in [4.69, 9.17) is 4.74 Å². The van der Waals surface area contributed by atoms with Gasteiger partial charge in [-0.25, -0.2) is 0 Å². The summed E-state index contributed by atoms with van der Waals surface area (Å²) in [4.78, 5) is 40.5. The molecule has 0 aromatic heterocycles. The number of imide groups is 1. The smallest absolute Gasteiger partial charge is 0.255 e. The molecule has 160 valence electrons. The van der Waals surface area contributed by atoms with Gasteiger partial charge in [-0.3, -0.25) is 24.6 Å². The van der Waals surface area contributed by atoms with Crippen LogP contribution in [0.5, 0.6) is 0 Å². The molecule has 0 aliphatic carbocycles. The number of piperidine rings is 2. The van der Waals surface area contributed by atoms with Crippen molar-refractivity contribution in [2.75, 3.05) is 32.8 Å². The summed E-state index contributed by atoms with van der Waals surface area (Å²) in [6.07, 6.45) is 2.74. The Hall–Kier alpha value is -2.29. The average Bonchev–Trinajstić information content (AvgIpc) is 3.06. The minimum Gasteiger partial charge on any atom is -0.372 e. The van der Waals surface area contributed by atoms with Gasteiger partial charge in [0.15, 0.2) is 0 Å². The number of nitrogens with one attached hydrogen (secondary N) is 2. The molecule has 1 aromatic carbocycles. The first-order valence-corrected chi connectivity index (χ1v) is 10.9. The first-order chi connectivity index (χ1) is 14.5. The largest absolute Gasteiger partial charge is 0.372 e. The number of fused-ring (bicyclic) bond motifs is 1. The minimum atomic E-state index is -0.562. The molecule has 1 aromatic rings. The van der Waals surface area contributed by atoms with Gasteiger partial charge in [0.1, 0.15) is 6.04 Å². The third kappa shape index (κ3) is 3.64. The fourth-order valence-electron chi connectivity index (χ4n) is 5.13. The molecule has 8 heteroatoms. The van der Waals surface area contributed by atoms with Gasteiger partial charge in [-0.2, -0.15) is 0 Å². The highest BCUT2D eigenvalue weighted by Crippen LogP contribution is 2.30. The monoisotopic (exact) mass is 412 g/mol. The molecule has 1 atom stereocenters. The van der Waals surface area contributed by atoms with Crippen LogP contribution in [0.15, 0.2) is 18.2 Å². The highest BCUT2D eigenvalue weighted by atomic mass is 16.5. The fraction of sp³-hybridized carbons (Fsp3) is 0.591. The van der Waals surface area contributed by atoms with Crippen LogP contribution in [0.2, 0.25) is 0 Å². The number of ether oxygens (including phenoxy) is 1. The number of hydrogen-bond donors (Lipinski definition) is 2. The standard InChI is InChI=1S/C22H28N4O4/c27-19-4-3-18(20(28)24-19)26-13-16-11-15(1-2-17(16)21(26)29)12-25-8-5-22(6-9-25)14-23-7-10-30-22/h1-2,11,18,23H,3-10,12-14H2,(H,24,27,28). The average molecular weight is 412 g/mol. The van der Waals surface area contributed by atoms with E-state index < -0.39 is 6.04 Å². The summed E-state index contributed by atoms with van der Waals surface area (Å²) in [6.45, 7) is 5.95. The Bertz CT molecular complexity index is 870. The summed E-state index contributed by atoms with van der Waals surface area (Å²) < 4.78 is 6.08. The van der Waals surface area contributed by atoms with Crippen LogP contribution in [-0.2, 0) is 27.4 Å². The Labute approximate surface area is 175 Å². The number of rotatable bonds is 3. The minimum absolute atomic E-state index is 0.00155. The zero-order valence-corrected chi connectivity index (χ0v) is 17.1. The van der Waals surface area contributed by atoms with Crippen LogP contribution in [-0.4, -0.2) is 72.0 Å². The summed E-state index contributed by atoms with van der Waals surface area (Å²) in [6, 6.07) is 5.45. The van der Waals surface area contributed by atoms with Crippen molar-refractivity contribution in [2.45, 2.75) is 50.4 Å². The van der Waals surface area contributed by atoms with Gasteiger partial charge >= 0.3 is 0 Å². The van der Waals surface area contributed by atoms with Gasteiger partial charge < -0.3 is 15.0 Å². The maximum Gasteiger partial charge on any atom is 0.255 e. The SMILES string of the molecule is O=C1CCC(N2Cc3cc(CN4CCC5(CC4)CNCCO5)ccc3C2=O)C(=O)N1. The summed E-state index contributed by atoms with van der Waals surface area (Å²) >= 11 is 0. The summed E-state index contributed by atoms with van der Waals surface area (Å²) in [5.74, 6) is -0.748. The molecular weight excluding hydrogens is 384 g/mol. The molecule has 0 radical (unpaired) electrons. The highest BCUT2D eigenvalue weighted by molar-refractivity contribution is 6.05. The molecular formula is C22H28N4O4. The molecule has 1 unspecified atom stereocenters. The Kier molecular flexibility index (Phi) is 5.08. The Morgan fingerprint density at radius 2 is 2.00 bits per heavy atom. The number of carbonyl (C=O) groups is 3. The normalized spacial score (nSPS) is 26.7. The molecule has 4 aliphatic heterocycles. The van der Waals surface area contributed by atoms with E-state index in [9.17, 15) is 14.4 Å². The van der Waals surface area contributed by atoms with Crippen molar-refractivity contribution in [3.63, 3.8) is 0 Å². The van der Waals surface area contributed by atoms with Crippen LogP contribution < -0.4 is 10.6 Å². The predicted molar refractivity (Wildman–Crippen MR) is 109 cm³/mol. The molecule has 3 amide bonds. The van der Waals surface area contributed by atoms with Crippen LogP contribution in [0.4, 0.5) is 0 Å². The maximum absolute atomic E-state index is 12.8. The second kappa shape index (κ2) is 7.76. The molecule has 8 nitrogen and oxygen atoms in total. The van der Waals surface area contributed by atoms with E-state index in [1.165, 1.54) is 5.56 Å². The van der Waals surface area contributed by atoms with Gasteiger partial charge in [0.2, 0.25) is 11.8 Å². The zero-order valence-electron chi connectivity index (χ0n) is 17.1. The van der Waals surface area contributed by atoms with Crippen LogP contribution in [0.1, 0.15) is 47.2 Å². The van der Waals surface area contributed by atoms with Gasteiger partial charge in [0.05, 0.1) is 12.2 Å². The number of benzene rings is 1. The quantitative estimate of drug-likeness (QED) is 0.699. The third-order valence-corrected chi connectivity index (χ3v) is 6.90. The number of morpholine rings is 1. The lowest BCUT2D eigenvalue weighted by molar-refractivity contribution is -0.136. The predicted octanol–water partition coefficient (Wildman–Crippen LogP) is 0.402. The highest BCUT2D eigenvalue weighted by Gasteiger charge is 2.39. The molecule has 5 rings (SSSR count). The van der Waals surface area contributed by atoms with Crippen LogP contribution in [0.25, 0.3) is 0 Å². The van der Waals surface area contributed by atoms with Crippen molar-refractivity contribution in [3.05, 3.63) is 34.9 Å². The van der Waals surface area contributed by atoms with Crippen molar-refractivity contribution < 1.29 is 19.1 Å². The molecule has 2 N–H and O–H groups in total. The van der Waals surface area contributed by atoms with Crippen molar-refractivity contribution in [2.24, 2.45) is 0 Å². The van der Waals surface area contributed by atoms with E-state index >= 15 is 0 Å². The second-order valence-electron chi connectivity index (χ2n) is 8.88. The van der Waals surface area contributed by atoms with Crippen molar-refractivity contribution in [1.29, 1.82) is 0 Å². The molecule has 30 heavy (non-hydrogen) atoms. The summed E-state index contributed by atoms with van der Waals surface area (Å²) in [7, 11) is 0. The topological polar surface area (TPSA) is 91.0 Å². The molecule has 3 fully saturated rings. The molecule has 0 saturated carbocycles. The van der Waals surface area contributed by atoms with Gasteiger partial charge in [0.25, 0.3) is 5.91 Å². The number of amides is 3. The molecule has 4 heterocycles. The van der Waals surface area contributed by atoms with Gasteiger partial charge in [-0.05, 0) is 36.5 Å². The van der Waals surface area contributed by atoms with Crippen LogP contribution >= 0.6 is 0 Å². The number of nitrogens with zero attached hydrogens (tertiary/aromatic N) is 2. The lowest BCUT2D eigenvalue weighted by Gasteiger charge is -2.44. The lowest BCUT2D eigenvalue weighted by Crippen LogP contribution is -2.55. The van der Waals surface area contributed by atoms with E-state index in [1.807, 2.05) is 12.1 Å². The van der Waals surface area contributed by atoms with Crippen LogP contribution in [0, 0.1) is 0 Å². The lowest BCUT2D eigenvalue weighted by atomic mass is 9.90. The Morgan fingerprint density at radius 1 is 1.17 bits per heavy atom. The van der Waals surface area contributed by atoms with Crippen LogP contribution in [0.3, 0.4) is 0 Å². The zero-order chi connectivity index (χ0) is 20.7. The number of carbonyl (C=O) groups excluding carboxylic acids is 3. The van der Waals surface area contributed by atoms with Crippen molar-refractivity contribution >= 4 is 17.7 Å². The van der Waals surface area contributed by atoms with Crippen molar-refractivity contribution in [3.8, 4) is 0 Å². The van der Waals surface area contributed by atoms with Crippen molar-refractivity contribution in [1.82, 2.24) is 20.4 Å². The summed E-state index contributed by atoms with van der Waals surface area (Å²) in [5, 5.41) is 5.80. The Balaban J connectivity index is 1.23. The molecule has 3 saturated heterocycles. The fourth-order valence-corrected chi connectivity index (χ4v) is 5.13. The number of likely N-dealkylation sites (tertiary alicyclic amines) is 1. The third-order valence-electron chi connectivity index (χ3n) is 6.90. The maximum atomic E-state index is 12.8. The van der Waals surface area contributed by atoms with E-state index in [0.29, 0.717) is 18.5 Å². The number of hydrogen-bond acceptors (Lipinski definition) is 6. The van der Waals surface area contributed by atoms with Gasteiger partial charge in [-0.1, -0.05) is 12.1 Å². The van der Waals surface area contributed by atoms with E-state index in [2.05, 4.69) is 21.6 Å². The van der Waals surface area contributed by atoms with E-state index in [1.54, 1.807) is 4.90 Å². The first kappa shape index (κ1) is 19.7. The Morgan fingerprint density at radius 3 is 2.73 bits per heavy atom. The van der Waals surface area contributed by atoms with E-state index in [0.717, 1.165) is 57.7 Å². The second-order valence-corrected chi connectivity index (χ2v) is 8.88. The van der Waals surface area contributed by atoms with Gasteiger partial charge in [-0.15, -0.1) is 0 Å². The molecule has 1 spiro atoms.